The predicted molar refractivity (Wildman–Crippen MR) is 66.4 cm³/mol. The first kappa shape index (κ1) is 11.7. The number of rotatable bonds is 5. The van der Waals surface area contributed by atoms with Gasteiger partial charge < -0.3 is 15.2 Å². The van der Waals surface area contributed by atoms with Crippen LogP contribution in [0.15, 0.2) is 10.6 Å². The molecule has 1 amide bonds. The summed E-state index contributed by atoms with van der Waals surface area (Å²) in [6, 6.07) is 1.78. The molecule has 2 fully saturated rings. The van der Waals surface area contributed by atoms with Gasteiger partial charge in [-0.1, -0.05) is 5.16 Å². The highest BCUT2D eigenvalue weighted by Gasteiger charge is 2.28. The van der Waals surface area contributed by atoms with Crippen LogP contribution in [0.1, 0.15) is 47.8 Å². The first-order valence-corrected chi connectivity index (χ1v) is 6.78. The van der Waals surface area contributed by atoms with Crippen molar-refractivity contribution in [1.29, 1.82) is 0 Å². The summed E-state index contributed by atoms with van der Waals surface area (Å²) in [5.74, 6) is 1.95. The van der Waals surface area contributed by atoms with E-state index in [0.717, 1.165) is 44.7 Å². The maximum Gasteiger partial charge on any atom is 0.273 e. The van der Waals surface area contributed by atoms with Gasteiger partial charge in [0.25, 0.3) is 5.91 Å². The fraction of sp³-hybridized carbons (Fsp3) is 0.692. The SMILES string of the molecule is O=C(NCCC1CCNC1)c1cc(C2CC2)on1. The molecule has 1 unspecified atom stereocenters. The van der Waals surface area contributed by atoms with Crippen LogP contribution < -0.4 is 10.6 Å². The van der Waals surface area contributed by atoms with Crippen molar-refractivity contribution in [1.82, 2.24) is 15.8 Å². The van der Waals surface area contributed by atoms with Crippen LogP contribution >= 0.6 is 0 Å². The molecule has 1 aromatic heterocycles. The van der Waals surface area contributed by atoms with Crippen molar-refractivity contribution in [3.63, 3.8) is 0 Å². The molecule has 0 radical (unpaired) electrons. The molecule has 5 nitrogen and oxygen atoms in total. The second kappa shape index (κ2) is 5.10. The van der Waals surface area contributed by atoms with Gasteiger partial charge in [-0.05, 0) is 44.7 Å². The van der Waals surface area contributed by atoms with Crippen LogP contribution in [0.3, 0.4) is 0 Å². The van der Waals surface area contributed by atoms with Gasteiger partial charge in [-0.3, -0.25) is 4.79 Å². The monoisotopic (exact) mass is 249 g/mol. The molecule has 18 heavy (non-hydrogen) atoms. The van der Waals surface area contributed by atoms with Crippen LogP contribution in [0.4, 0.5) is 0 Å². The van der Waals surface area contributed by atoms with Crippen molar-refractivity contribution in [2.75, 3.05) is 19.6 Å². The molecule has 1 aliphatic carbocycles. The lowest BCUT2D eigenvalue weighted by Gasteiger charge is -2.07. The Balaban J connectivity index is 1.44. The lowest BCUT2D eigenvalue weighted by molar-refractivity contribution is 0.0942. The van der Waals surface area contributed by atoms with Gasteiger partial charge in [0, 0.05) is 18.5 Å². The number of nitrogens with one attached hydrogen (secondary N) is 2. The van der Waals surface area contributed by atoms with Crippen molar-refractivity contribution in [3.8, 4) is 0 Å². The van der Waals surface area contributed by atoms with Crippen molar-refractivity contribution >= 4 is 5.91 Å². The minimum absolute atomic E-state index is 0.114. The van der Waals surface area contributed by atoms with E-state index in [4.69, 9.17) is 4.52 Å². The van der Waals surface area contributed by atoms with E-state index in [2.05, 4.69) is 15.8 Å². The van der Waals surface area contributed by atoms with Crippen LogP contribution in [0.5, 0.6) is 0 Å². The number of hydrogen-bond donors (Lipinski definition) is 2. The van der Waals surface area contributed by atoms with Gasteiger partial charge in [0.05, 0.1) is 0 Å². The Morgan fingerprint density at radius 3 is 3.11 bits per heavy atom. The van der Waals surface area contributed by atoms with Gasteiger partial charge in [-0.15, -0.1) is 0 Å². The third-order valence-electron chi connectivity index (χ3n) is 3.74. The van der Waals surface area contributed by atoms with Crippen molar-refractivity contribution in [3.05, 3.63) is 17.5 Å². The van der Waals surface area contributed by atoms with E-state index in [1.807, 2.05) is 0 Å². The predicted octanol–water partition coefficient (Wildman–Crippen LogP) is 1.28. The minimum Gasteiger partial charge on any atom is -0.360 e. The summed E-state index contributed by atoms with van der Waals surface area (Å²) >= 11 is 0. The lowest BCUT2D eigenvalue weighted by Crippen LogP contribution is -2.26. The van der Waals surface area contributed by atoms with Gasteiger partial charge in [-0.2, -0.15) is 0 Å². The van der Waals surface area contributed by atoms with Gasteiger partial charge in [0.1, 0.15) is 5.76 Å². The van der Waals surface area contributed by atoms with E-state index < -0.39 is 0 Å². The zero-order valence-corrected chi connectivity index (χ0v) is 10.4. The van der Waals surface area contributed by atoms with E-state index in [-0.39, 0.29) is 5.91 Å². The number of amides is 1. The molecule has 1 aromatic rings. The Bertz CT molecular complexity index is 420. The van der Waals surface area contributed by atoms with Crippen LogP contribution in [0.25, 0.3) is 0 Å². The second-order valence-electron chi connectivity index (χ2n) is 5.29. The van der Waals surface area contributed by atoms with Crippen LogP contribution in [-0.2, 0) is 0 Å². The Morgan fingerprint density at radius 2 is 2.39 bits per heavy atom. The molecule has 2 N–H and O–H groups in total. The summed E-state index contributed by atoms with van der Waals surface area (Å²) < 4.78 is 5.17. The molecular formula is C13H19N3O2. The molecule has 3 rings (SSSR count). The summed E-state index contributed by atoms with van der Waals surface area (Å²) in [7, 11) is 0. The largest absolute Gasteiger partial charge is 0.360 e. The quantitative estimate of drug-likeness (QED) is 0.825. The summed E-state index contributed by atoms with van der Waals surface area (Å²) in [6.07, 6.45) is 4.56. The summed E-state index contributed by atoms with van der Waals surface area (Å²) in [6.45, 7) is 2.90. The highest BCUT2D eigenvalue weighted by molar-refractivity contribution is 5.92. The molecule has 0 spiro atoms. The molecule has 0 aromatic carbocycles. The number of nitrogens with zero attached hydrogens (tertiary/aromatic N) is 1. The van der Waals surface area contributed by atoms with Crippen LogP contribution in [-0.4, -0.2) is 30.7 Å². The normalized spacial score (nSPS) is 23.2. The minimum atomic E-state index is -0.114. The van der Waals surface area contributed by atoms with Gasteiger partial charge in [0.2, 0.25) is 0 Å². The topological polar surface area (TPSA) is 67.2 Å². The lowest BCUT2D eigenvalue weighted by atomic mass is 10.1. The molecule has 2 aliphatic rings. The third kappa shape index (κ3) is 2.72. The zero-order valence-electron chi connectivity index (χ0n) is 10.4. The van der Waals surface area contributed by atoms with Crippen LogP contribution in [0.2, 0.25) is 0 Å². The third-order valence-corrected chi connectivity index (χ3v) is 3.74. The number of carbonyl (C=O) groups is 1. The van der Waals surface area contributed by atoms with Gasteiger partial charge >= 0.3 is 0 Å². The van der Waals surface area contributed by atoms with E-state index in [0.29, 0.717) is 17.5 Å². The van der Waals surface area contributed by atoms with Crippen molar-refractivity contribution in [2.24, 2.45) is 5.92 Å². The Morgan fingerprint density at radius 1 is 1.50 bits per heavy atom. The molecule has 2 heterocycles. The highest BCUT2D eigenvalue weighted by atomic mass is 16.5. The first-order valence-electron chi connectivity index (χ1n) is 6.78. The number of aromatic nitrogens is 1. The molecule has 0 bridgehead atoms. The summed E-state index contributed by atoms with van der Waals surface area (Å²) in [5.41, 5.74) is 0.418. The van der Waals surface area contributed by atoms with Crippen molar-refractivity contribution in [2.45, 2.75) is 31.6 Å². The second-order valence-corrected chi connectivity index (χ2v) is 5.29. The molecular weight excluding hydrogens is 230 g/mol. The smallest absolute Gasteiger partial charge is 0.273 e. The maximum atomic E-state index is 11.8. The van der Waals surface area contributed by atoms with E-state index in [1.54, 1.807) is 6.07 Å². The fourth-order valence-corrected chi connectivity index (χ4v) is 2.40. The van der Waals surface area contributed by atoms with Gasteiger partial charge in [0.15, 0.2) is 5.69 Å². The number of carbonyl (C=O) groups excluding carboxylic acids is 1. The maximum absolute atomic E-state index is 11.8. The fourth-order valence-electron chi connectivity index (χ4n) is 2.40. The molecule has 1 aliphatic heterocycles. The van der Waals surface area contributed by atoms with E-state index in [1.165, 1.54) is 6.42 Å². The standard InChI is InChI=1S/C13H19N3O2/c17-13(15-6-4-9-3-5-14-8-9)11-7-12(18-16-11)10-1-2-10/h7,9-10,14H,1-6,8H2,(H,15,17). The Labute approximate surface area is 106 Å². The average molecular weight is 249 g/mol. The highest BCUT2D eigenvalue weighted by Crippen LogP contribution is 2.40. The Kier molecular flexibility index (Phi) is 3.32. The zero-order chi connectivity index (χ0) is 12.4. The van der Waals surface area contributed by atoms with Crippen LogP contribution in [0, 0.1) is 5.92 Å². The average Bonchev–Trinajstić information content (AvgIpc) is 2.92. The first-order chi connectivity index (χ1) is 8.83. The summed E-state index contributed by atoms with van der Waals surface area (Å²) in [4.78, 5) is 11.8. The van der Waals surface area contributed by atoms with Crippen molar-refractivity contribution < 1.29 is 9.32 Å². The molecule has 1 atom stereocenters. The summed E-state index contributed by atoms with van der Waals surface area (Å²) in [5, 5.41) is 10.1. The molecule has 1 saturated carbocycles. The molecule has 1 saturated heterocycles. The van der Waals surface area contributed by atoms with E-state index in [9.17, 15) is 4.79 Å². The molecule has 5 heteroatoms. The van der Waals surface area contributed by atoms with Gasteiger partial charge in [-0.25, -0.2) is 0 Å². The van der Waals surface area contributed by atoms with E-state index >= 15 is 0 Å². The Hall–Kier alpha value is -1.36. The molecule has 98 valence electrons. The number of hydrogen-bond acceptors (Lipinski definition) is 4.